The van der Waals surface area contributed by atoms with Crippen molar-refractivity contribution in [3.05, 3.63) is 234 Å². The third-order valence-corrected chi connectivity index (χ3v) is 16.7. The predicted octanol–water partition coefficient (Wildman–Crippen LogP) is 21.2. The van der Waals surface area contributed by atoms with Crippen LogP contribution in [0, 0.1) is 6.92 Å². The van der Waals surface area contributed by atoms with Gasteiger partial charge in [0.15, 0.2) is 0 Å². The van der Waals surface area contributed by atoms with Gasteiger partial charge in [-0.1, -0.05) is 171 Å². The molecule has 0 amide bonds. The molecule has 83 heavy (non-hydrogen) atoms. The van der Waals surface area contributed by atoms with Gasteiger partial charge >= 0.3 is 0 Å². The molecular formula is C76H65N5O2. The smallest absolute Gasteiger partial charge is 0.149 e. The van der Waals surface area contributed by atoms with E-state index in [1.165, 1.54) is 50.2 Å². The topological polar surface area (TPSA) is 70.9 Å². The molecule has 14 aromatic rings. The van der Waals surface area contributed by atoms with Crippen LogP contribution < -0.4 is 4.74 Å². The Morgan fingerprint density at radius 2 is 0.892 bits per heavy atom. The summed E-state index contributed by atoms with van der Waals surface area (Å²) in [5.41, 5.74) is 21.2. The molecule has 0 N–H and O–H groups in total. The van der Waals surface area contributed by atoms with E-state index in [1.807, 2.05) is 6.07 Å². The number of furan rings is 1. The highest BCUT2D eigenvalue weighted by molar-refractivity contribution is 6.17. The highest BCUT2D eigenvalue weighted by atomic mass is 16.5. The maximum Gasteiger partial charge on any atom is 0.149 e. The molecule has 0 aliphatic rings. The van der Waals surface area contributed by atoms with Gasteiger partial charge in [-0.15, -0.1) is 0 Å². The lowest BCUT2D eigenvalue weighted by Gasteiger charge is -2.24. The van der Waals surface area contributed by atoms with E-state index in [9.17, 15) is 0 Å². The van der Waals surface area contributed by atoms with Crippen molar-refractivity contribution in [1.82, 2.24) is 24.1 Å². The van der Waals surface area contributed by atoms with Gasteiger partial charge in [0.2, 0.25) is 0 Å². The minimum Gasteiger partial charge on any atom is -0.457 e. The highest BCUT2D eigenvalue weighted by Crippen LogP contribution is 2.47. The zero-order chi connectivity index (χ0) is 56.8. The average molecular weight is 1080 g/mol. The first-order valence-electron chi connectivity index (χ1n) is 29.3. The molecule has 0 fully saturated rings. The molecule has 0 aliphatic carbocycles. The van der Waals surface area contributed by atoms with Gasteiger partial charge < -0.3 is 9.15 Å². The number of hydrogen-bond acceptors (Lipinski definition) is 5. The number of hydrogen-bond donors (Lipinski definition) is 0. The lowest BCUT2D eigenvalue weighted by molar-refractivity contribution is 0.483. The van der Waals surface area contributed by atoms with Crippen molar-refractivity contribution < 1.29 is 9.15 Å². The van der Waals surface area contributed by atoms with E-state index < -0.39 is 0 Å². The zero-order valence-electron chi connectivity index (χ0n) is 48.5. The molecule has 0 aliphatic heterocycles. The second-order valence-corrected chi connectivity index (χ2v) is 23.6. The van der Waals surface area contributed by atoms with Crippen LogP contribution in [0.4, 0.5) is 0 Å². The van der Waals surface area contributed by atoms with Crippen molar-refractivity contribution in [2.75, 3.05) is 0 Å². The fourth-order valence-electron chi connectivity index (χ4n) is 12.5. The number of rotatable bonds is 12. The maximum atomic E-state index is 7.29. The van der Waals surface area contributed by atoms with Crippen molar-refractivity contribution in [2.45, 2.75) is 86.0 Å². The maximum absolute atomic E-state index is 7.29. The zero-order valence-corrected chi connectivity index (χ0v) is 48.5. The number of nitrogens with zero attached hydrogens (tertiary/aromatic N) is 5. The highest BCUT2D eigenvalue weighted by Gasteiger charge is 2.28. The molecule has 7 nitrogen and oxygen atoms in total. The molecule has 0 atom stereocenters. The first-order valence-corrected chi connectivity index (χ1v) is 29.3. The standard InChI is InChI=1S/C76H65N5O2/c1-44(2)58-36-54(49-21-12-10-13-22-49)37-59(45(3)4)72(58)80-68-29-18-16-27-66(68)78-75(80)53-25-20-26-56(35-53)82-57-41-64-63-43-62-52(34-33-51-32-31-48(9)77-71(51)62)40-70(63)83-74(64)65(42-57)76-79-67-28-17-19-30-69(67)81(76)73-60(46(5)6)38-55(39-61(73)47(7)8)50-23-14-11-15-24-50/h10-47H,1-9H3. The largest absolute Gasteiger partial charge is 0.457 e. The van der Waals surface area contributed by atoms with Crippen LogP contribution in [0.25, 0.3) is 122 Å². The molecule has 0 bridgehead atoms. The summed E-state index contributed by atoms with van der Waals surface area (Å²) in [6.07, 6.45) is 0. The normalized spacial score (nSPS) is 12.1. The van der Waals surface area contributed by atoms with Gasteiger partial charge in [0.05, 0.1) is 44.5 Å². The molecule has 7 heteroatoms. The minimum atomic E-state index is 0.184. The van der Waals surface area contributed by atoms with Crippen molar-refractivity contribution in [3.8, 4) is 67.9 Å². The lowest BCUT2D eigenvalue weighted by Crippen LogP contribution is -2.09. The number of ether oxygens (including phenoxy) is 1. The molecule has 4 heterocycles. The van der Waals surface area contributed by atoms with Gasteiger partial charge in [-0.05, 0) is 171 Å². The molecule has 0 unspecified atom stereocenters. The van der Waals surface area contributed by atoms with Gasteiger partial charge in [-0.3, -0.25) is 14.1 Å². The van der Waals surface area contributed by atoms with E-state index in [2.05, 4.69) is 272 Å². The van der Waals surface area contributed by atoms with Crippen LogP contribution in [0.2, 0.25) is 0 Å². The molecule has 0 spiro atoms. The Balaban J connectivity index is 0.996. The van der Waals surface area contributed by atoms with Crippen LogP contribution in [0.5, 0.6) is 11.5 Å². The van der Waals surface area contributed by atoms with Crippen molar-refractivity contribution in [2.24, 2.45) is 0 Å². The van der Waals surface area contributed by atoms with E-state index >= 15 is 0 Å². The van der Waals surface area contributed by atoms with E-state index in [1.54, 1.807) is 0 Å². The first kappa shape index (κ1) is 51.5. The summed E-state index contributed by atoms with van der Waals surface area (Å²) in [7, 11) is 0. The summed E-state index contributed by atoms with van der Waals surface area (Å²) < 4.78 is 19.3. The van der Waals surface area contributed by atoms with Gasteiger partial charge in [0, 0.05) is 32.8 Å². The SMILES string of the molecule is Cc1ccc2ccc3cc4oc5c(-c6nc7ccccc7n6-c6c(C(C)C)cc(-c7ccccc7)cc6C(C)C)cc(Oc6cccc(-c7nc8ccccc8n7-c7c(C(C)C)cc(-c8ccccc8)cc7C(C)C)c6)cc5c4cc3c2n1. The van der Waals surface area contributed by atoms with Crippen LogP contribution in [0.1, 0.15) is 107 Å². The summed E-state index contributed by atoms with van der Waals surface area (Å²) in [5.74, 6) is 3.77. The number of imidazole rings is 2. The second kappa shape index (κ2) is 20.4. The molecule has 14 rings (SSSR count). The van der Waals surface area contributed by atoms with Crippen LogP contribution in [0.15, 0.2) is 211 Å². The third kappa shape index (κ3) is 8.94. The lowest BCUT2D eigenvalue weighted by atomic mass is 9.88. The summed E-state index contributed by atoms with van der Waals surface area (Å²) in [6, 6.07) is 73.7. The monoisotopic (exact) mass is 1080 g/mol. The van der Waals surface area contributed by atoms with Gasteiger partial charge in [0.25, 0.3) is 0 Å². The number of benzene rings is 10. The predicted molar refractivity (Wildman–Crippen MR) is 345 cm³/mol. The Kier molecular flexibility index (Phi) is 12.7. The fourth-order valence-corrected chi connectivity index (χ4v) is 12.5. The summed E-state index contributed by atoms with van der Waals surface area (Å²) in [6.45, 7) is 20.4. The van der Waals surface area contributed by atoms with E-state index in [4.69, 9.17) is 24.1 Å². The van der Waals surface area contributed by atoms with E-state index in [0.717, 1.165) is 99.8 Å². The molecule has 0 radical (unpaired) electrons. The Labute approximate surface area is 484 Å². The van der Waals surface area contributed by atoms with Gasteiger partial charge in [0.1, 0.15) is 34.3 Å². The summed E-state index contributed by atoms with van der Waals surface area (Å²) in [4.78, 5) is 16.2. The quantitative estimate of drug-likeness (QED) is 0.114. The Bertz CT molecular complexity index is 4790. The molecule has 10 aromatic carbocycles. The molecular weight excluding hydrogens is 1010 g/mol. The Morgan fingerprint density at radius 3 is 1.47 bits per heavy atom. The molecule has 406 valence electrons. The van der Waals surface area contributed by atoms with Crippen molar-refractivity contribution in [1.29, 1.82) is 0 Å². The van der Waals surface area contributed by atoms with Crippen LogP contribution >= 0.6 is 0 Å². The van der Waals surface area contributed by atoms with Crippen LogP contribution in [-0.2, 0) is 0 Å². The molecule has 0 saturated carbocycles. The van der Waals surface area contributed by atoms with Crippen LogP contribution in [-0.4, -0.2) is 24.1 Å². The number of aryl methyl sites for hydroxylation is 1. The minimum absolute atomic E-state index is 0.184. The average Bonchev–Trinajstić information content (AvgIpc) is 2.27. The Morgan fingerprint density at radius 1 is 0.386 bits per heavy atom. The summed E-state index contributed by atoms with van der Waals surface area (Å²) in [5, 5.41) is 5.11. The van der Waals surface area contributed by atoms with Crippen molar-refractivity contribution >= 4 is 65.7 Å². The van der Waals surface area contributed by atoms with Gasteiger partial charge in [-0.2, -0.15) is 0 Å². The fraction of sp³-hybridized carbons (Fsp3) is 0.171. The summed E-state index contributed by atoms with van der Waals surface area (Å²) >= 11 is 0. The van der Waals surface area contributed by atoms with E-state index in [-0.39, 0.29) is 23.7 Å². The first-order chi connectivity index (χ1) is 40.3. The number of para-hydroxylation sites is 4. The van der Waals surface area contributed by atoms with Crippen LogP contribution in [0.3, 0.4) is 0 Å². The van der Waals surface area contributed by atoms with E-state index in [0.29, 0.717) is 11.5 Å². The van der Waals surface area contributed by atoms with Crippen molar-refractivity contribution in [3.63, 3.8) is 0 Å². The number of pyridine rings is 1. The number of fused-ring (bicyclic) bond motifs is 8. The molecule has 4 aromatic heterocycles. The number of aromatic nitrogens is 5. The second-order valence-electron chi connectivity index (χ2n) is 23.6. The Hall–Kier alpha value is -9.59. The van der Waals surface area contributed by atoms with Gasteiger partial charge in [-0.25, -0.2) is 9.97 Å². The third-order valence-electron chi connectivity index (χ3n) is 16.7. The molecule has 0 saturated heterocycles.